The average Bonchev–Trinajstić information content (AvgIpc) is 2.30. The Bertz CT molecular complexity index is 142. The number of nitrogens with zero attached hydrogens (tertiary/aromatic N) is 1. The molecule has 0 amide bonds. The second-order valence-electron chi connectivity index (χ2n) is 4.65. The van der Waals surface area contributed by atoms with Crippen molar-refractivity contribution in [1.82, 2.24) is 15.5 Å². The van der Waals surface area contributed by atoms with Gasteiger partial charge in [-0.1, -0.05) is 0 Å². The number of likely N-dealkylation sites (N-methyl/N-ethyl adjacent to an activating group) is 1. The van der Waals surface area contributed by atoms with Crippen molar-refractivity contribution >= 4 is 0 Å². The molecular formula is C11H23N3. The van der Waals surface area contributed by atoms with Gasteiger partial charge in [-0.05, 0) is 52.4 Å². The van der Waals surface area contributed by atoms with Crippen molar-refractivity contribution in [2.75, 3.05) is 33.2 Å². The molecule has 2 N–H and O–H groups in total. The molecule has 0 spiro atoms. The van der Waals surface area contributed by atoms with E-state index in [9.17, 15) is 0 Å². The molecule has 1 atom stereocenters. The lowest BCUT2D eigenvalue weighted by Gasteiger charge is -2.39. The molecule has 2 heterocycles. The summed E-state index contributed by atoms with van der Waals surface area (Å²) < 4.78 is 0. The molecule has 0 aromatic heterocycles. The molecule has 2 aliphatic heterocycles. The molecule has 82 valence electrons. The van der Waals surface area contributed by atoms with Gasteiger partial charge in [-0.2, -0.15) is 0 Å². The summed E-state index contributed by atoms with van der Waals surface area (Å²) in [5, 5.41) is 6.93. The minimum absolute atomic E-state index is 0.784. The summed E-state index contributed by atoms with van der Waals surface area (Å²) in [6, 6.07) is 1.60. The summed E-state index contributed by atoms with van der Waals surface area (Å²) in [4.78, 5) is 2.62. The summed E-state index contributed by atoms with van der Waals surface area (Å²) in [6.07, 6.45) is 5.38. The van der Waals surface area contributed by atoms with Gasteiger partial charge in [-0.15, -0.1) is 0 Å². The SMILES string of the molecule is CN(C1CCNCC1)C1CCCNC1. The number of hydrogen-bond acceptors (Lipinski definition) is 3. The molecule has 0 aromatic carbocycles. The Labute approximate surface area is 87.2 Å². The van der Waals surface area contributed by atoms with E-state index in [0.29, 0.717) is 0 Å². The second kappa shape index (κ2) is 5.10. The third-order valence-electron chi connectivity index (χ3n) is 3.73. The van der Waals surface area contributed by atoms with Crippen LogP contribution in [0.5, 0.6) is 0 Å². The first kappa shape index (κ1) is 10.4. The van der Waals surface area contributed by atoms with Crippen LogP contribution < -0.4 is 10.6 Å². The first-order valence-electron chi connectivity index (χ1n) is 6.01. The lowest BCUT2D eigenvalue weighted by atomic mass is 9.99. The van der Waals surface area contributed by atoms with E-state index < -0.39 is 0 Å². The smallest absolute Gasteiger partial charge is 0.0221 e. The minimum Gasteiger partial charge on any atom is -0.317 e. The first-order chi connectivity index (χ1) is 6.88. The Balaban J connectivity index is 1.82. The Kier molecular flexibility index (Phi) is 3.79. The number of piperidine rings is 2. The average molecular weight is 197 g/mol. The third kappa shape index (κ3) is 2.47. The normalized spacial score (nSPS) is 30.9. The lowest BCUT2D eigenvalue weighted by Crippen LogP contribution is -2.51. The fourth-order valence-corrected chi connectivity index (χ4v) is 2.69. The highest BCUT2D eigenvalue weighted by atomic mass is 15.2. The Hall–Kier alpha value is -0.120. The predicted octanol–water partition coefficient (Wildman–Crippen LogP) is 0.422. The van der Waals surface area contributed by atoms with E-state index in [1.807, 2.05) is 0 Å². The van der Waals surface area contributed by atoms with Crippen LogP contribution in [0.3, 0.4) is 0 Å². The van der Waals surface area contributed by atoms with Crippen molar-refractivity contribution < 1.29 is 0 Å². The largest absolute Gasteiger partial charge is 0.317 e. The summed E-state index contributed by atoms with van der Waals surface area (Å²) in [5.41, 5.74) is 0. The maximum Gasteiger partial charge on any atom is 0.0221 e. The summed E-state index contributed by atoms with van der Waals surface area (Å²) in [5.74, 6) is 0. The zero-order valence-electron chi connectivity index (χ0n) is 9.26. The van der Waals surface area contributed by atoms with Gasteiger partial charge in [0.25, 0.3) is 0 Å². The topological polar surface area (TPSA) is 27.3 Å². The molecule has 0 saturated carbocycles. The van der Waals surface area contributed by atoms with Gasteiger partial charge in [0.2, 0.25) is 0 Å². The van der Waals surface area contributed by atoms with Crippen LogP contribution in [0.4, 0.5) is 0 Å². The molecule has 2 saturated heterocycles. The van der Waals surface area contributed by atoms with Crippen molar-refractivity contribution in [1.29, 1.82) is 0 Å². The van der Waals surface area contributed by atoms with Crippen molar-refractivity contribution in [2.45, 2.75) is 37.8 Å². The highest BCUT2D eigenvalue weighted by molar-refractivity contribution is 4.83. The molecule has 0 aromatic rings. The number of rotatable bonds is 2. The van der Waals surface area contributed by atoms with Crippen LogP contribution in [0.2, 0.25) is 0 Å². The molecule has 3 heteroatoms. The minimum atomic E-state index is 0.784. The van der Waals surface area contributed by atoms with Gasteiger partial charge in [-0.25, -0.2) is 0 Å². The molecule has 0 aliphatic carbocycles. The summed E-state index contributed by atoms with van der Waals surface area (Å²) in [7, 11) is 2.31. The fourth-order valence-electron chi connectivity index (χ4n) is 2.69. The summed E-state index contributed by atoms with van der Waals surface area (Å²) in [6.45, 7) is 4.82. The van der Waals surface area contributed by atoms with Crippen molar-refractivity contribution in [3.63, 3.8) is 0 Å². The Morgan fingerprint density at radius 2 is 1.71 bits per heavy atom. The monoisotopic (exact) mass is 197 g/mol. The molecule has 0 bridgehead atoms. The van der Waals surface area contributed by atoms with Gasteiger partial charge in [0.05, 0.1) is 0 Å². The number of hydrogen-bond donors (Lipinski definition) is 2. The maximum atomic E-state index is 3.50. The quantitative estimate of drug-likeness (QED) is 0.672. The van der Waals surface area contributed by atoms with Crippen LogP contribution in [-0.4, -0.2) is 50.2 Å². The van der Waals surface area contributed by atoms with Gasteiger partial charge in [0, 0.05) is 18.6 Å². The molecule has 1 unspecified atom stereocenters. The highest BCUT2D eigenvalue weighted by Gasteiger charge is 2.25. The Morgan fingerprint density at radius 1 is 0.929 bits per heavy atom. The first-order valence-corrected chi connectivity index (χ1v) is 6.01. The van der Waals surface area contributed by atoms with Gasteiger partial charge >= 0.3 is 0 Å². The van der Waals surface area contributed by atoms with Gasteiger partial charge in [0.1, 0.15) is 0 Å². The molecule has 14 heavy (non-hydrogen) atoms. The van der Waals surface area contributed by atoms with Gasteiger partial charge in [0.15, 0.2) is 0 Å². The predicted molar refractivity (Wildman–Crippen MR) is 59.5 cm³/mol. The van der Waals surface area contributed by atoms with Crippen molar-refractivity contribution in [2.24, 2.45) is 0 Å². The standard InChI is InChI=1S/C11H23N3/c1-14(10-4-7-12-8-5-10)11-3-2-6-13-9-11/h10-13H,2-9H2,1H3. The van der Waals surface area contributed by atoms with Crippen LogP contribution >= 0.6 is 0 Å². The van der Waals surface area contributed by atoms with E-state index in [-0.39, 0.29) is 0 Å². The zero-order chi connectivity index (χ0) is 9.80. The molecule has 2 rings (SSSR count). The molecule has 0 radical (unpaired) electrons. The van der Waals surface area contributed by atoms with E-state index in [1.165, 1.54) is 51.9 Å². The van der Waals surface area contributed by atoms with E-state index >= 15 is 0 Å². The molecular weight excluding hydrogens is 174 g/mol. The van der Waals surface area contributed by atoms with Crippen LogP contribution in [-0.2, 0) is 0 Å². The van der Waals surface area contributed by atoms with Crippen LogP contribution in [0.1, 0.15) is 25.7 Å². The number of nitrogens with one attached hydrogen (secondary N) is 2. The van der Waals surface area contributed by atoms with Gasteiger partial charge < -0.3 is 10.6 Å². The van der Waals surface area contributed by atoms with Gasteiger partial charge in [-0.3, -0.25) is 4.90 Å². The Morgan fingerprint density at radius 3 is 2.36 bits per heavy atom. The highest BCUT2D eigenvalue weighted by Crippen LogP contribution is 2.17. The second-order valence-corrected chi connectivity index (χ2v) is 4.65. The lowest BCUT2D eigenvalue weighted by molar-refractivity contribution is 0.123. The molecule has 2 fully saturated rings. The van der Waals surface area contributed by atoms with E-state index in [2.05, 4.69) is 22.6 Å². The van der Waals surface area contributed by atoms with Crippen molar-refractivity contribution in [3.8, 4) is 0 Å². The summed E-state index contributed by atoms with van der Waals surface area (Å²) >= 11 is 0. The maximum absolute atomic E-state index is 3.50. The van der Waals surface area contributed by atoms with Crippen LogP contribution in [0, 0.1) is 0 Å². The molecule has 3 nitrogen and oxygen atoms in total. The van der Waals surface area contributed by atoms with E-state index in [0.717, 1.165) is 12.1 Å². The van der Waals surface area contributed by atoms with E-state index in [4.69, 9.17) is 0 Å². The third-order valence-corrected chi connectivity index (χ3v) is 3.73. The van der Waals surface area contributed by atoms with Crippen molar-refractivity contribution in [3.05, 3.63) is 0 Å². The zero-order valence-corrected chi connectivity index (χ0v) is 9.26. The van der Waals surface area contributed by atoms with E-state index in [1.54, 1.807) is 0 Å². The van der Waals surface area contributed by atoms with Crippen LogP contribution in [0.15, 0.2) is 0 Å². The fraction of sp³-hybridized carbons (Fsp3) is 1.00. The molecule has 2 aliphatic rings. The van der Waals surface area contributed by atoms with Crippen LogP contribution in [0.25, 0.3) is 0 Å².